The first-order valence-electron chi connectivity index (χ1n) is 9.83. The predicted octanol–water partition coefficient (Wildman–Crippen LogP) is 3.59. The van der Waals surface area contributed by atoms with Gasteiger partial charge >= 0.3 is 5.97 Å². The fourth-order valence-corrected chi connectivity index (χ4v) is 4.05. The van der Waals surface area contributed by atoms with Gasteiger partial charge in [-0.1, -0.05) is 57.9 Å². The summed E-state index contributed by atoms with van der Waals surface area (Å²) < 4.78 is 5.39. The molecule has 5 nitrogen and oxygen atoms in total. The summed E-state index contributed by atoms with van der Waals surface area (Å²) in [6, 6.07) is 7.08. The molecule has 2 amide bonds. The van der Waals surface area contributed by atoms with Crippen molar-refractivity contribution in [3.8, 4) is 0 Å². The number of amides is 2. The van der Waals surface area contributed by atoms with Crippen LogP contribution in [-0.4, -0.2) is 28.7 Å². The van der Waals surface area contributed by atoms with Crippen LogP contribution in [0.15, 0.2) is 24.3 Å². The van der Waals surface area contributed by atoms with Gasteiger partial charge in [0.25, 0.3) is 0 Å². The molecule has 2 aliphatic rings. The lowest BCUT2D eigenvalue weighted by atomic mass is 9.81. The van der Waals surface area contributed by atoms with Gasteiger partial charge in [-0.05, 0) is 36.3 Å². The summed E-state index contributed by atoms with van der Waals surface area (Å²) >= 11 is 0. The Bertz CT molecular complexity index is 708. The largest absolute Gasteiger partial charge is 0.459 e. The van der Waals surface area contributed by atoms with Gasteiger partial charge in [0.1, 0.15) is 12.6 Å². The van der Waals surface area contributed by atoms with Gasteiger partial charge in [-0.2, -0.15) is 0 Å². The van der Waals surface area contributed by atoms with Crippen molar-refractivity contribution < 1.29 is 19.1 Å². The Morgan fingerprint density at radius 1 is 1.07 bits per heavy atom. The van der Waals surface area contributed by atoms with Gasteiger partial charge < -0.3 is 4.74 Å². The van der Waals surface area contributed by atoms with Gasteiger partial charge in [0.2, 0.25) is 11.8 Å². The Morgan fingerprint density at radius 2 is 1.59 bits per heavy atom. The van der Waals surface area contributed by atoms with E-state index < -0.39 is 12.0 Å². The Labute approximate surface area is 161 Å². The topological polar surface area (TPSA) is 63.7 Å². The maximum absolute atomic E-state index is 12.6. The number of carbonyl (C=O) groups is 3. The van der Waals surface area contributed by atoms with Crippen molar-refractivity contribution in [2.45, 2.75) is 71.4 Å². The minimum atomic E-state index is -0.871. The zero-order valence-corrected chi connectivity index (χ0v) is 16.7. The highest BCUT2D eigenvalue weighted by atomic mass is 16.5. The standard InChI is InChI=1S/C22H29NO4/c1-14(23-19(24)17-7-5-6-8-18(17)20(23)25)21(26)27-13-15-9-11-16(12-10-15)22(2,3)4/h9-12,14,17-18H,5-8,13H2,1-4H3. The fourth-order valence-electron chi connectivity index (χ4n) is 4.05. The highest BCUT2D eigenvalue weighted by Crippen LogP contribution is 2.39. The van der Waals surface area contributed by atoms with E-state index in [0.29, 0.717) is 0 Å². The molecule has 27 heavy (non-hydrogen) atoms. The lowest BCUT2D eigenvalue weighted by molar-refractivity contribution is -0.159. The molecule has 0 bridgehead atoms. The van der Waals surface area contributed by atoms with E-state index in [4.69, 9.17) is 4.74 Å². The average molecular weight is 371 g/mol. The van der Waals surface area contributed by atoms with E-state index in [2.05, 4.69) is 20.8 Å². The zero-order chi connectivity index (χ0) is 19.8. The summed E-state index contributed by atoms with van der Waals surface area (Å²) in [5.74, 6) is -1.43. The molecule has 146 valence electrons. The number of likely N-dealkylation sites (tertiary alicyclic amines) is 1. The third kappa shape index (κ3) is 3.92. The molecule has 1 aliphatic carbocycles. The third-order valence-electron chi connectivity index (χ3n) is 5.80. The molecule has 1 heterocycles. The Balaban J connectivity index is 1.61. The summed E-state index contributed by atoms with van der Waals surface area (Å²) in [7, 11) is 0. The number of carbonyl (C=O) groups excluding carboxylic acids is 3. The number of ether oxygens (including phenoxy) is 1. The molecule has 0 aromatic heterocycles. The maximum Gasteiger partial charge on any atom is 0.329 e. The number of rotatable bonds is 4. The average Bonchev–Trinajstić information content (AvgIpc) is 2.90. The van der Waals surface area contributed by atoms with Crippen LogP contribution in [0.2, 0.25) is 0 Å². The first-order valence-corrected chi connectivity index (χ1v) is 9.83. The van der Waals surface area contributed by atoms with E-state index in [1.807, 2.05) is 24.3 Å². The third-order valence-corrected chi connectivity index (χ3v) is 5.80. The van der Waals surface area contributed by atoms with E-state index in [1.165, 1.54) is 5.56 Å². The number of benzene rings is 1. The molecule has 1 aromatic carbocycles. The first-order chi connectivity index (χ1) is 12.7. The van der Waals surface area contributed by atoms with Crippen molar-refractivity contribution in [1.29, 1.82) is 0 Å². The molecular weight excluding hydrogens is 342 g/mol. The minimum Gasteiger partial charge on any atom is -0.459 e. The van der Waals surface area contributed by atoms with Crippen molar-refractivity contribution in [2.75, 3.05) is 0 Å². The van der Waals surface area contributed by atoms with Gasteiger partial charge in [0, 0.05) is 0 Å². The molecule has 1 saturated heterocycles. The van der Waals surface area contributed by atoms with Crippen LogP contribution in [0.25, 0.3) is 0 Å². The van der Waals surface area contributed by atoms with E-state index in [9.17, 15) is 14.4 Å². The quantitative estimate of drug-likeness (QED) is 0.599. The van der Waals surface area contributed by atoms with Crippen molar-refractivity contribution in [3.63, 3.8) is 0 Å². The number of fused-ring (bicyclic) bond motifs is 1. The Hall–Kier alpha value is -2.17. The van der Waals surface area contributed by atoms with Gasteiger partial charge in [-0.15, -0.1) is 0 Å². The summed E-state index contributed by atoms with van der Waals surface area (Å²) in [6.45, 7) is 8.15. The smallest absolute Gasteiger partial charge is 0.329 e. The van der Waals surface area contributed by atoms with Crippen molar-refractivity contribution in [2.24, 2.45) is 11.8 Å². The summed E-state index contributed by atoms with van der Waals surface area (Å²) in [4.78, 5) is 38.8. The van der Waals surface area contributed by atoms with Gasteiger partial charge in [0.05, 0.1) is 11.8 Å². The number of imide groups is 1. The molecule has 0 N–H and O–H groups in total. The second-order valence-corrected chi connectivity index (χ2v) is 8.77. The van der Waals surface area contributed by atoms with Crippen LogP contribution < -0.4 is 0 Å². The van der Waals surface area contributed by atoms with E-state index >= 15 is 0 Å². The van der Waals surface area contributed by atoms with Crippen molar-refractivity contribution in [3.05, 3.63) is 35.4 Å². The molecule has 5 heteroatoms. The highest BCUT2D eigenvalue weighted by molar-refractivity contribution is 6.07. The van der Waals surface area contributed by atoms with Crippen LogP contribution in [0, 0.1) is 11.8 Å². The molecule has 1 aliphatic heterocycles. The SMILES string of the molecule is CC(C(=O)OCc1ccc(C(C)(C)C)cc1)N1C(=O)C2CCCCC2C1=O. The van der Waals surface area contributed by atoms with Gasteiger partial charge in [-0.3, -0.25) is 14.5 Å². The second-order valence-electron chi connectivity index (χ2n) is 8.77. The minimum absolute atomic E-state index is 0.0664. The van der Waals surface area contributed by atoms with Crippen molar-refractivity contribution in [1.82, 2.24) is 4.90 Å². The van der Waals surface area contributed by atoms with Crippen LogP contribution in [0.1, 0.15) is 64.5 Å². The number of hydrogen-bond acceptors (Lipinski definition) is 4. The molecule has 3 rings (SSSR count). The Kier molecular flexibility index (Phi) is 5.41. The Morgan fingerprint density at radius 3 is 2.07 bits per heavy atom. The molecule has 1 saturated carbocycles. The number of hydrogen-bond donors (Lipinski definition) is 0. The molecule has 2 fully saturated rings. The van der Waals surface area contributed by atoms with Gasteiger partial charge in [-0.25, -0.2) is 4.79 Å². The first kappa shape index (κ1) is 19.6. The summed E-state index contributed by atoms with van der Waals surface area (Å²) in [5.41, 5.74) is 2.16. The second kappa shape index (κ2) is 7.45. The number of esters is 1. The van der Waals surface area contributed by atoms with Crippen LogP contribution in [-0.2, 0) is 31.1 Å². The van der Waals surface area contributed by atoms with Gasteiger partial charge in [0.15, 0.2) is 0 Å². The zero-order valence-electron chi connectivity index (χ0n) is 16.7. The van der Waals surface area contributed by atoms with E-state index in [-0.39, 0.29) is 35.7 Å². The van der Waals surface area contributed by atoms with Crippen molar-refractivity contribution >= 4 is 17.8 Å². The lowest BCUT2D eigenvalue weighted by Gasteiger charge is -2.22. The van der Waals surface area contributed by atoms with Crippen LogP contribution in [0.3, 0.4) is 0 Å². The van der Waals surface area contributed by atoms with Crippen LogP contribution >= 0.6 is 0 Å². The van der Waals surface area contributed by atoms with Crippen LogP contribution in [0.5, 0.6) is 0 Å². The highest BCUT2D eigenvalue weighted by Gasteiger charge is 2.51. The van der Waals surface area contributed by atoms with E-state index in [1.54, 1.807) is 6.92 Å². The normalized spacial score (nSPS) is 23.9. The number of nitrogens with zero attached hydrogens (tertiary/aromatic N) is 1. The molecule has 1 aromatic rings. The molecule has 3 atom stereocenters. The predicted molar refractivity (Wildman–Crippen MR) is 102 cm³/mol. The molecule has 0 spiro atoms. The molecule has 0 radical (unpaired) electrons. The molecular formula is C22H29NO4. The fraction of sp³-hybridized carbons (Fsp3) is 0.591. The monoisotopic (exact) mass is 371 g/mol. The van der Waals surface area contributed by atoms with E-state index in [0.717, 1.165) is 36.1 Å². The summed E-state index contributed by atoms with van der Waals surface area (Å²) in [5, 5.41) is 0. The maximum atomic E-state index is 12.6. The summed E-state index contributed by atoms with van der Waals surface area (Å²) in [6.07, 6.45) is 3.43. The lowest BCUT2D eigenvalue weighted by Crippen LogP contribution is -2.44. The molecule has 3 unspecified atom stereocenters. The van der Waals surface area contributed by atoms with Crippen LogP contribution in [0.4, 0.5) is 0 Å².